The van der Waals surface area contributed by atoms with Crippen molar-refractivity contribution < 1.29 is 9.18 Å². The van der Waals surface area contributed by atoms with Gasteiger partial charge in [0.05, 0.1) is 16.6 Å². The lowest BCUT2D eigenvalue weighted by atomic mass is 10.1. The van der Waals surface area contributed by atoms with Crippen molar-refractivity contribution in [2.45, 2.75) is 19.4 Å². The van der Waals surface area contributed by atoms with Gasteiger partial charge >= 0.3 is 0 Å². The van der Waals surface area contributed by atoms with Crippen LogP contribution in [-0.2, 0) is 6.54 Å². The Balaban J connectivity index is 1.51. The minimum Gasteiger partial charge on any atom is -0.348 e. The lowest BCUT2D eigenvalue weighted by Crippen LogP contribution is -2.30. The second-order valence-electron chi connectivity index (χ2n) is 8.12. The van der Waals surface area contributed by atoms with Gasteiger partial charge in [0, 0.05) is 25.2 Å². The summed E-state index contributed by atoms with van der Waals surface area (Å²) >= 11 is 0. The van der Waals surface area contributed by atoms with E-state index in [1.807, 2.05) is 30.3 Å². The van der Waals surface area contributed by atoms with E-state index in [-0.39, 0.29) is 23.8 Å². The molecule has 0 radical (unpaired) electrons. The van der Waals surface area contributed by atoms with Gasteiger partial charge in [0.1, 0.15) is 5.82 Å². The van der Waals surface area contributed by atoms with E-state index in [0.717, 1.165) is 37.2 Å². The van der Waals surface area contributed by atoms with Gasteiger partial charge in [-0.25, -0.2) is 13.9 Å². The Labute approximate surface area is 190 Å². The van der Waals surface area contributed by atoms with Crippen molar-refractivity contribution in [3.05, 3.63) is 100 Å². The average molecular weight is 442 g/mol. The van der Waals surface area contributed by atoms with E-state index in [1.165, 1.54) is 12.1 Å². The first-order valence-electron chi connectivity index (χ1n) is 11.0. The van der Waals surface area contributed by atoms with Crippen LogP contribution in [0.25, 0.3) is 16.6 Å². The Morgan fingerprint density at radius 1 is 0.970 bits per heavy atom. The van der Waals surface area contributed by atoms with Crippen LogP contribution in [0, 0.1) is 5.82 Å². The molecule has 1 N–H and O–H groups in total. The fraction of sp³-hybridized carbons (Fsp3) is 0.192. The molecule has 7 heteroatoms. The van der Waals surface area contributed by atoms with Crippen molar-refractivity contribution >= 4 is 22.8 Å². The molecule has 0 bridgehead atoms. The number of rotatable bonds is 5. The Bertz CT molecular complexity index is 1360. The highest BCUT2D eigenvalue weighted by Gasteiger charge is 2.21. The van der Waals surface area contributed by atoms with Gasteiger partial charge in [-0.2, -0.15) is 0 Å². The molecule has 0 spiro atoms. The van der Waals surface area contributed by atoms with Crippen LogP contribution >= 0.6 is 0 Å². The van der Waals surface area contributed by atoms with Crippen LogP contribution in [0.2, 0.25) is 0 Å². The fourth-order valence-electron chi connectivity index (χ4n) is 4.14. The van der Waals surface area contributed by atoms with Crippen LogP contribution in [0.15, 0.2) is 77.6 Å². The molecule has 1 amide bonds. The van der Waals surface area contributed by atoms with Crippen molar-refractivity contribution in [1.82, 2.24) is 14.9 Å². The number of para-hydroxylation sites is 1. The van der Waals surface area contributed by atoms with Gasteiger partial charge in [-0.3, -0.25) is 9.59 Å². The van der Waals surface area contributed by atoms with Gasteiger partial charge < -0.3 is 10.2 Å². The van der Waals surface area contributed by atoms with Crippen molar-refractivity contribution in [1.29, 1.82) is 0 Å². The summed E-state index contributed by atoms with van der Waals surface area (Å²) in [5.41, 5.74) is 2.31. The molecule has 0 saturated carbocycles. The Morgan fingerprint density at radius 2 is 1.70 bits per heavy atom. The van der Waals surface area contributed by atoms with Gasteiger partial charge in [-0.15, -0.1) is 0 Å². The molecule has 3 aromatic carbocycles. The second kappa shape index (κ2) is 8.86. The highest BCUT2D eigenvalue weighted by Crippen LogP contribution is 2.23. The van der Waals surface area contributed by atoms with Gasteiger partial charge in [0.25, 0.3) is 11.5 Å². The number of carbonyl (C=O) groups excluding carboxylic acids is 1. The van der Waals surface area contributed by atoms with Crippen LogP contribution in [0.1, 0.15) is 28.8 Å². The summed E-state index contributed by atoms with van der Waals surface area (Å²) in [5.74, 6) is -0.00120. The number of halogens is 1. The first kappa shape index (κ1) is 20.9. The number of aromatic nitrogens is 2. The second-order valence-corrected chi connectivity index (χ2v) is 8.12. The minimum atomic E-state index is -0.319. The molecule has 0 aliphatic carbocycles. The van der Waals surface area contributed by atoms with E-state index < -0.39 is 0 Å². The van der Waals surface area contributed by atoms with E-state index in [2.05, 4.69) is 10.2 Å². The minimum absolute atomic E-state index is 0.161. The summed E-state index contributed by atoms with van der Waals surface area (Å²) in [7, 11) is 0. The van der Waals surface area contributed by atoms with E-state index in [1.54, 1.807) is 34.9 Å². The first-order valence-corrected chi connectivity index (χ1v) is 11.0. The molecule has 0 atom stereocenters. The summed E-state index contributed by atoms with van der Waals surface area (Å²) in [4.78, 5) is 33.2. The van der Waals surface area contributed by atoms with Crippen LogP contribution in [0.3, 0.4) is 0 Å². The molecule has 33 heavy (non-hydrogen) atoms. The summed E-state index contributed by atoms with van der Waals surface area (Å²) in [6.45, 7) is 1.95. The fourth-order valence-corrected chi connectivity index (χ4v) is 4.14. The molecule has 4 aromatic rings. The Hall–Kier alpha value is -4.00. The molecule has 1 aromatic heterocycles. The molecular formula is C26H23FN4O2. The van der Waals surface area contributed by atoms with Crippen molar-refractivity contribution in [2.24, 2.45) is 0 Å². The molecule has 0 unspecified atom stereocenters. The predicted molar refractivity (Wildman–Crippen MR) is 126 cm³/mol. The monoisotopic (exact) mass is 442 g/mol. The molecule has 5 rings (SSSR count). The van der Waals surface area contributed by atoms with Gasteiger partial charge in [0.15, 0.2) is 0 Å². The number of nitrogens with one attached hydrogen (secondary N) is 1. The highest BCUT2D eigenvalue weighted by molar-refractivity contribution is 5.97. The number of benzene rings is 3. The van der Waals surface area contributed by atoms with Crippen LogP contribution in [0.5, 0.6) is 0 Å². The summed E-state index contributed by atoms with van der Waals surface area (Å²) in [6.07, 6.45) is 2.10. The van der Waals surface area contributed by atoms with Crippen LogP contribution < -0.4 is 15.8 Å². The number of carbonyl (C=O) groups is 1. The zero-order valence-corrected chi connectivity index (χ0v) is 18.0. The highest BCUT2D eigenvalue weighted by atomic mass is 19.1. The number of anilines is 1. The summed E-state index contributed by atoms with van der Waals surface area (Å²) in [5, 5.41) is 3.29. The average Bonchev–Trinajstić information content (AvgIpc) is 3.38. The van der Waals surface area contributed by atoms with Crippen molar-refractivity contribution in [2.75, 3.05) is 18.0 Å². The third kappa shape index (κ3) is 4.22. The van der Waals surface area contributed by atoms with Gasteiger partial charge in [-0.05, 0) is 60.9 Å². The topological polar surface area (TPSA) is 67.2 Å². The predicted octanol–water partition coefficient (Wildman–Crippen LogP) is 4.06. The smallest absolute Gasteiger partial charge is 0.267 e. The third-order valence-electron chi connectivity index (χ3n) is 5.88. The largest absolute Gasteiger partial charge is 0.348 e. The van der Waals surface area contributed by atoms with Crippen molar-refractivity contribution in [3.63, 3.8) is 0 Å². The molecule has 1 aliphatic heterocycles. The standard InChI is InChI=1S/C26H23FN4O2/c27-20-11-8-18(9-12-20)17-28-24(32)19-10-13-22-23(16-19)29-26(30-14-4-5-15-30)31(25(22)33)21-6-2-1-3-7-21/h1-3,6-13,16H,4-5,14-15,17H2,(H,28,32). The molecular weight excluding hydrogens is 419 g/mol. The quantitative estimate of drug-likeness (QED) is 0.506. The lowest BCUT2D eigenvalue weighted by Gasteiger charge is -2.22. The normalized spacial score (nSPS) is 13.4. The molecule has 1 saturated heterocycles. The van der Waals surface area contributed by atoms with Crippen LogP contribution in [-0.4, -0.2) is 28.5 Å². The van der Waals surface area contributed by atoms with E-state index >= 15 is 0 Å². The zero-order chi connectivity index (χ0) is 22.8. The van der Waals surface area contributed by atoms with Gasteiger partial charge in [-0.1, -0.05) is 30.3 Å². The number of fused-ring (bicyclic) bond motifs is 1. The number of hydrogen-bond acceptors (Lipinski definition) is 4. The molecule has 166 valence electrons. The van der Waals surface area contributed by atoms with E-state index in [0.29, 0.717) is 22.4 Å². The maximum atomic E-state index is 13.5. The maximum absolute atomic E-state index is 13.5. The van der Waals surface area contributed by atoms with Crippen LogP contribution in [0.4, 0.5) is 10.3 Å². The Kier molecular flexibility index (Phi) is 5.60. The Morgan fingerprint density at radius 3 is 2.42 bits per heavy atom. The van der Waals surface area contributed by atoms with Gasteiger partial charge in [0.2, 0.25) is 5.95 Å². The third-order valence-corrected chi connectivity index (χ3v) is 5.88. The number of nitrogens with zero attached hydrogens (tertiary/aromatic N) is 3. The van der Waals surface area contributed by atoms with E-state index in [9.17, 15) is 14.0 Å². The summed E-state index contributed by atoms with van der Waals surface area (Å²) in [6, 6.07) is 20.4. The molecule has 6 nitrogen and oxygen atoms in total. The summed E-state index contributed by atoms with van der Waals surface area (Å²) < 4.78 is 14.7. The lowest BCUT2D eigenvalue weighted by molar-refractivity contribution is 0.0951. The molecule has 1 aliphatic rings. The van der Waals surface area contributed by atoms with E-state index in [4.69, 9.17) is 4.98 Å². The number of hydrogen-bond donors (Lipinski definition) is 1. The van der Waals surface area contributed by atoms with Crippen molar-refractivity contribution in [3.8, 4) is 5.69 Å². The zero-order valence-electron chi connectivity index (χ0n) is 18.0. The number of amides is 1. The first-order chi connectivity index (χ1) is 16.1. The molecule has 2 heterocycles. The molecule has 1 fully saturated rings. The maximum Gasteiger partial charge on any atom is 0.267 e. The SMILES string of the molecule is O=C(NCc1ccc(F)cc1)c1ccc2c(=O)n(-c3ccccc3)c(N3CCCC3)nc2c1.